The zero-order chi connectivity index (χ0) is 9.84. The highest BCUT2D eigenvalue weighted by molar-refractivity contribution is 6.31. The minimum Gasteiger partial charge on any atom is -0.295 e. The van der Waals surface area contributed by atoms with Crippen LogP contribution in [-0.4, -0.2) is 5.78 Å². The number of halogens is 2. The van der Waals surface area contributed by atoms with Crippen molar-refractivity contribution >= 4 is 17.4 Å². The van der Waals surface area contributed by atoms with E-state index in [9.17, 15) is 9.18 Å². The fourth-order valence-corrected chi connectivity index (χ4v) is 1.18. The molecule has 0 heterocycles. The third-order valence-electron chi connectivity index (χ3n) is 1.64. The van der Waals surface area contributed by atoms with Crippen molar-refractivity contribution in [1.82, 2.24) is 0 Å². The molecule has 0 saturated carbocycles. The topological polar surface area (TPSA) is 17.1 Å². The standard InChI is InChI=1S/C10H8ClFO/c1-2-7(13)6-8-9(11)4-3-5-10(8)12/h2-5H,1,6H2. The molecule has 68 valence electrons. The van der Waals surface area contributed by atoms with Crippen molar-refractivity contribution < 1.29 is 9.18 Å². The summed E-state index contributed by atoms with van der Waals surface area (Å²) in [6.07, 6.45) is 1.12. The van der Waals surface area contributed by atoms with Crippen molar-refractivity contribution in [2.75, 3.05) is 0 Å². The second-order valence-corrected chi connectivity index (χ2v) is 2.95. The van der Waals surface area contributed by atoms with Crippen LogP contribution in [0.3, 0.4) is 0 Å². The predicted octanol–water partition coefficient (Wildman–Crippen LogP) is 2.78. The summed E-state index contributed by atoms with van der Waals surface area (Å²) in [4.78, 5) is 10.9. The molecule has 1 nitrogen and oxygen atoms in total. The van der Waals surface area contributed by atoms with Gasteiger partial charge >= 0.3 is 0 Å². The lowest BCUT2D eigenvalue weighted by atomic mass is 10.1. The Hall–Kier alpha value is -1.15. The lowest BCUT2D eigenvalue weighted by Gasteiger charge is -2.02. The maximum Gasteiger partial charge on any atom is 0.159 e. The second kappa shape index (κ2) is 4.19. The number of allylic oxidation sites excluding steroid dienone is 1. The van der Waals surface area contributed by atoms with E-state index < -0.39 is 5.82 Å². The van der Waals surface area contributed by atoms with E-state index in [4.69, 9.17) is 11.6 Å². The second-order valence-electron chi connectivity index (χ2n) is 2.55. The van der Waals surface area contributed by atoms with Gasteiger partial charge in [-0.1, -0.05) is 24.2 Å². The van der Waals surface area contributed by atoms with Crippen LogP contribution in [0.25, 0.3) is 0 Å². The predicted molar refractivity (Wildman–Crippen MR) is 50.3 cm³/mol. The van der Waals surface area contributed by atoms with Crippen LogP contribution in [0.15, 0.2) is 30.9 Å². The van der Waals surface area contributed by atoms with Crippen LogP contribution < -0.4 is 0 Å². The molecule has 0 spiro atoms. The normalized spacial score (nSPS) is 9.69. The van der Waals surface area contributed by atoms with Crippen LogP contribution in [0, 0.1) is 5.82 Å². The average Bonchev–Trinajstić information content (AvgIpc) is 2.11. The van der Waals surface area contributed by atoms with Crippen molar-refractivity contribution in [2.24, 2.45) is 0 Å². The number of rotatable bonds is 3. The third-order valence-corrected chi connectivity index (χ3v) is 1.99. The summed E-state index contributed by atoms with van der Waals surface area (Å²) in [5, 5.41) is 0.273. The maximum atomic E-state index is 13.1. The summed E-state index contributed by atoms with van der Waals surface area (Å²) in [6, 6.07) is 4.33. The van der Waals surface area contributed by atoms with Crippen LogP contribution >= 0.6 is 11.6 Å². The molecule has 0 fully saturated rings. The third kappa shape index (κ3) is 2.39. The first kappa shape index (κ1) is 9.93. The zero-order valence-corrected chi connectivity index (χ0v) is 7.64. The van der Waals surface area contributed by atoms with E-state index in [1.54, 1.807) is 6.07 Å². The van der Waals surface area contributed by atoms with Crippen LogP contribution in [0.1, 0.15) is 5.56 Å². The van der Waals surface area contributed by atoms with Gasteiger partial charge in [0.15, 0.2) is 5.78 Å². The van der Waals surface area contributed by atoms with E-state index in [1.165, 1.54) is 12.1 Å². The minimum absolute atomic E-state index is 0.0327. The summed E-state index contributed by atoms with van der Waals surface area (Å²) in [5.74, 6) is -0.699. The quantitative estimate of drug-likeness (QED) is 0.683. The Kier molecular flexibility index (Phi) is 3.20. The average molecular weight is 199 g/mol. The number of hydrogen-bond donors (Lipinski definition) is 0. The van der Waals surface area contributed by atoms with E-state index in [-0.39, 0.29) is 22.8 Å². The van der Waals surface area contributed by atoms with Gasteiger partial charge in [0.2, 0.25) is 0 Å². The van der Waals surface area contributed by atoms with Gasteiger partial charge in [0, 0.05) is 17.0 Å². The van der Waals surface area contributed by atoms with Crippen LogP contribution in [0.2, 0.25) is 5.02 Å². The molecule has 0 N–H and O–H groups in total. The van der Waals surface area contributed by atoms with E-state index in [2.05, 4.69) is 6.58 Å². The Bertz CT molecular complexity index is 327. The molecule has 0 aliphatic rings. The highest BCUT2D eigenvalue weighted by Crippen LogP contribution is 2.19. The number of ketones is 1. The van der Waals surface area contributed by atoms with Gasteiger partial charge in [-0.05, 0) is 18.2 Å². The Labute approximate surface area is 80.8 Å². The number of carbonyl (C=O) groups is 1. The van der Waals surface area contributed by atoms with Crippen molar-refractivity contribution in [2.45, 2.75) is 6.42 Å². The fourth-order valence-electron chi connectivity index (χ4n) is 0.948. The summed E-state index contributed by atoms with van der Waals surface area (Å²) in [5.41, 5.74) is 0.231. The van der Waals surface area contributed by atoms with Crippen LogP contribution in [0.5, 0.6) is 0 Å². The maximum absolute atomic E-state index is 13.1. The molecule has 0 aliphatic carbocycles. The Balaban J connectivity index is 2.99. The molecular weight excluding hydrogens is 191 g/mol. The molecule has 0 saturated heterocycles. The molecule has 13 heavy (non-hydrogen) atoms. The molecule has 0 aromatic heterocycles. The van der Waals surface area contributed by atoms with Gasteiger partial charge in [0.25, 0.3) is 0 Å². The van der Waals surface area contributed by atoms with Gasteiger partial charge in [-0.2, -0.15) is 0 Å². The number of benzene rings is 1. The smallest absolute Gasteiger partial charge is 0.159 e. The lowest BCUT2D eigenvalue weighted by Crippen LogP contribution is -2.01. The van der Waals surface area contributed by atoms with E-state index in [0.717, 1.165) is 6.08 Å². The van der Waals surface area contributed by atoms with Crippen LogP contribution in [-0.2, 0) is 11.2 Å². The summed E-state index contributed by atoms with van der Waals surface area (Å²) in [7, 11) is 0. The van der Waals surface area contributed by atoms with E-state index in [0.29, 0.717) is 0 Å². The number of carbonyl (C=O) groups excluding carboxylic acids is 1. The summed E-state index contributed by atoms with van der Waals surface area (Å²) >= 11 is 5.70. The molecule has 0 amide bonds. The fraction of sp³-hybridized carbons (Fsp3) is 0.100. The molecular formula is C10H8ClFO. The SMILES string of the molecule is C=CC(=O)Cc1c(F)cccc1Cl. The first-order valence-corrected chi connectivity index (χ1v) is 4.11. The molecule has 0 bridgehead atoms. The molecule has 0 unspecified atom stereocenters. The van der Waals surface area contributed by atoms with Gasteiger partial charge in [-0.3, -0.25) is 4.79 Å². The largest absolute Gasteiger partial charge is 0.295 e. The zero-order valence-electron chi connectivity index (χ0n) is 6.89. The number of hydrogen-bond acceptors (Lipinski definition) is 1. The molecule has 0 atom stereocenters. The van der Waals surface area contributed by atoms with Crippen molar-refractivity contribution in [1.29, 1.82) is 0 Å². The molecule has 1 rings (SSSR count). The minimum atomic E-state index is -0.456. The first-order valence-electron chi connectivity index (χ1n) is 3.73. The van der Waals surface area contributed by atoms with Gasteiger partial charge in [-0.15, -0.1) is 0 Å². The van der Waals surface area contributed by atoms with Crippen molar-refractivity contribution in [3.05, 3.63) is 47.3 Å². The Morgan fingerprint density at radius 3 is 2.85 bits per heavy atom. The molecule has 3 heteroatoms. The Morgan fingerprint density at radius 1 is 1.62 bits per heavy atom. The highest BCUT2D eigenvalue weighted by Gasteiger charge is 2.09. The van der Waals surface area contributed by atoms with Crippen molar-refractivity contribution in [3.8, 4) is 0 Å². The molecule has 0 aliphatic heterocycles. The van der Waals surface area contributed by atoms with E-state index >= 15 is 0 Å². The van der Waals surface area contributed by atoms with Gasteiger partial charge < -0.3 is 0 Å². The van der Waals surface area contributed by atoms with Gasteiger partial charge in [-0.25, -0.2) is 4.39 Å². The molecule has 0 radical (unpaired) electrons. The monoisotopic (exact) mass is 198 g/mol. The Morgan fingerprint density at radius 2 is 2.31 bits per heavy atom. The molecule has 1 aromatic rings. The highest BCUT2D eigenvalue weighted by atomic mass is 35.5. The molecule has 1 aromatic carbocycles. The van der Waals surface area contributed by atoms with Crippen LogP contribution in [0.4, 0.5) is 4.39 Å². The van der Waals surface area contributed by atoms with Crippen molar-refractivity contribution in [3.63, 3.8) is 0 Å². The van der Waals surface area contributed by atoms with Gasteiger partial charge in [0.05, 0.1) is 0 Å². The summed E-state index contributed by atoms with van der Waals surface area (Å²) < 4.78 is 13.1. The van der Waals surface area contributed by atoms with E-state index in [1.807, 2.05) is 0 Å². The summed E-state index contributed by atoms with van der Waals surface area (Å²) in [6.45, 7) is 3.30. The van der Waals surface area contributed by atoms with Gasteiger partial charge in [0.1, 0.15) is 5.82 Å². The first-order chi connectivity index (χ1) is 6.15. The lowest BCUT2D eigenvalue weighted by molar-refractivity contribution is -0.114.